The number of pyridine rings is 1. The Morgan fingerprint density at radius 2 is 1.26 bits per heavy atom. The number of para-hydroxylation sites is 2. The fourth-order valence-electron chi connectivity index (χ4n) is 5.80. The minimum Gasteiger partial charge on any atom is -0.309 e. The highest BCUT2D eigenvalue weighted by molar-refractivity contribution is 6.33. The van der Waals surface area contributed by atoms with Crippen molar-refractivity contribution in [1.29, 1.82) is 0 Å². The van der Waals surface area contributed by atoms with Crippen LogP contribution in [0.3, 0.4) is 0 Å². The third kappa shape index (κ3) is 2.18. The van der Waals surface area contributed by atoms with Gasteiger partial charge in [0, 0.05) is 33.4 Å². The first-order chi connectivity index (χ1) is 16.9. The van der Waals surface area contributed by atoms with Crippen LogP contribution in [0.4, 0.5) is 0 Å². The topological polar surface area (TPSA) is 22.8 Å². The van der Waals surface area contributed by atoms with Gasteiger partial charge in [0.25, 0.3) is 0 Å². The van der Waals surface area contributed by atoms with Crippen molar-refractivity contribution in [3.63, 3.8) is 0 Å². The Morgan fingerprint density at radius 3 is 2.15 bits per heavy atom. The Bertz CT molecular complexity index is 1980. The van der Waals surface area contributed by atoms with Gasteiger partial charge in [-0.05, 0) is 53.2 Å². The summed E-state index contributed by atoms with van der Waals surface area (Å²) in [6.45, 7) is 0. The van der Waals surface area contributed by atoms with Crippen molar-refractivity contribution in [3.05, 3.63) is 115 Å². The predicted molar refractivity (Wildman–Crippen MR) is 142 cm³/mol. The first-order valence-electron chi connectivity index (χ1n) is 11.6. The zero-order valence-electron chi connectivity index (χ0n) is 18.3. The number of rotatable bonds is 2. The van der Waals surface area contributed by atoms with Crippen molar-refractivity contribution in [2.75, 3.05) is 0 Å². The van der Waals surface area contributed by atoms with Crippen LogP contribution in [-0.2, 0) is 0 Å². The second kappa shape index (κ2) is 6.46. The van der Waals surface area contributed by atoms with Crippen molar-refractivity contribution in [3.8, 4) is 11.5 Å². The summed E-state index contributed by atoms with van der Waals surface area (Å²) < 4.78 is 4.71. The molecule has 0 unspecified atom stereocenters. The average Bonchev–Trinajstić information content (AvgIpc) is 3.42. The van der Waals surface area contributed by atoms with Gasteiger partial charge in [0.1, 0.15) is 5.82 Å². The summed E-state index contributed by atoms with van der Waals surface area (Å²) >= 11 is 0. The molecular formula is C31H19N3. The lowest BCUT2D eigenvalue weighted by molar-refractivity contribution is 1.08. The highest BCUT2D eigenvalue weighted by Crippen LogP contribution is 2.45. The van der Waals surface area contributed by atoms with Crippen LogP contribution in [0.2, 0.25) is 0 Å². The molecule has 0 spiro atoms. The van der Waals surface area contributed by atoms with Crippen LogP contribution in [0.25, 0.3) is 65.9 Å². The van der Waals surface area contributed by atoms with E-state index in [2.05, 4.69) is 112 Å². The zero-order chi connectivity index (χ0) is 22.2. The van der Waals surface area contributed by atoms with Crippen molar-refractivity contribution in [2.45, 2.75) is 0 Å². The fraction of sp³-hybridized carbons (Fsp3) is 0. The maximum Gasteiger partial charge on any atom is 0.137 e. The van der Waals surface area contributed by atoms with Crippen LogP contribution >= 0.6 is 0 Å². The molecule has 0 saturated heterocycles. The zero-order valence-corrected chi connectivity index (χ0v) is 18.3. The summed E-state index contributed by atoms with van der Waals surface area (Å²) in [5, 5.41) is 7.76. The van der Waals surface area contributed by atoms with E-state index in [1.54, 1.807) is 0 Å². The molecule has 8 aromatic rings. The largest absolute Gasteiger partial charge is 0.309 e. The van der Waals surface area contributed by atoms with Crippen molar-refractivity contribution >= 4 is 54.4 Å². The normalized spacial score (nSPS) is 12.1. The molecule has 0 aliphatic rings. The van der Waals surface area contributed by atoms with Gasteiger partial charge < -0.3 is 4.57 Å². The molecular weight excluding hydrogens is 414 g/mol. The molecule has 0 aliphatic carbocycles. The fourth-order valence-corrected chi connectivity index (χ4v) is 5.80. The van der Waals surface area contributed by atoms with Crippen LogP contribution in [0.5, 0.6) is 0 Å². The van der Waals surface area contributed by atoms with Gasteiger partial charge in [-0.15, -0.1) is 0 Å². The summed E-state index contributed by atoms with van der Waals surface area (Å²) in [5.41, 5.74) is 5.99. The van der Waals surface area contributed by atoms with Gasteiger partial charge >= 0.3 is 0 Å². The monoisotopic (exact) mass is 433 g/mol. The third-order valence-corrected chi connectivity index (χ3v) is 7.11. The second-order valence-corrected chi connectivity index (χ2v) is 8.86. The van der Waals surface area contributed by atoms with E-state index in [0.717, 1.165) is 5.82 Å². The van der Waals surface area contributed by atoms with E-state index >= 15 is 0 Å². The molecule has 34 heavy (non-hydrogen) atoms. The molecule has 0 amide bonds. The molecule has 0 saturated carbocycles. The van der Waals surface area contributed by atoms with Gasteiger partial charge in [-0.25, -0.2) is 4.98 Å². The lowest BCUT2D eigenvalue weighted by atomic mass is 9.98. The number of benzene rings is 5. The van der Waals surface area contributed by atoms with E-state index in [1.165, 1.54) is 60.1 Å². The molecule has 3 aromatic heterocycles. The quantitative estimate of drug-likeness (QED) is 0.254. The lowest BCUT2D eigenvalue weighted by Crippen LogP contribution is -1.97. The number of hydrogen-bond acceptors (Lipinski definition) is 1. The lowest BCUT2D eigenvalue weighted by Gasteiger charge is -2.10. The number of hydrogen-bond donors (Lipinski definition) is 0. The van der Waals surface area contributed by atoms with E-state index in [9.17, 15) is 0 Å². The summed E-state index contributed by atoms with van der Waals surface area (Å²) in [7, 11) is 0. The minimum atomic E-state index is 0.933. The van der Waals surface area contributed by atoms with Crippen molar-refractivity contribution < 1.29 is 0 Å². The SMILES string of the molecule is c1ccc(-n2c3cccc4ccc5c6c7ccccc7n(-c7ccccn7)c6cc2c5c43)cc1. The highest BCUT2D eigenvalue weighted by atomic mass is 15.1. The number of aromatic nitrogens is 3. The van der Waals surface area contributed by atoms with Crippen LogP contribution in [-0.4, -0.2) is 14.1 Å². The second-order valence-electron chi connectivity index (χ2n) is 8.86. The molecule has 0 fully saturated rings. The molecule has 0 radical (unpaired) electrons. The Kier molecular flexibility index (Phi) is 3.39. The standard InChI is InChI=1S/C31H19N3/c1-2-10-21(11-3-1)33-25-14-8-9-20-16-17-23-30-22-12-4-5-13-24(22)34(28-15-6-7-18-32-28)26(30)19-27(33)31(23)29(20)25/h1-19H. The van der Waals surface area contributed by atoms with Crippen LogP contribution in [0.15, 0.2) is 115 Å². The van der Waals surface area contributed by atoms with Crippen LogP contribution < -0.4 is 0 Å². The predicted octanol–water partition coefficient (Wildman–Crippen LogP) is 7.87. The van der Waals surface area contributed by atoms with Gasteiger partial charge in [0.05, 0.1) is 22.1 Å². The van der Waals surface area contributed by atoms with E-state index in [1.807, 2.05) is 12.3 Å². The Morgan fingerprint density at radius 1 is 0.471 bits per heavy atom. The van der Waals surface area contributed by atoms with Gasteiger partial charge in [0.2, 0.25) is 0 Å². The highest BCUT2D eigenvalue weighted by Gasteiger charge is 2.22. The number of fused-ring (bicyclic) bond motifs is 4. The first kappa shape index (κ1) is 17.9. The van der Waals surface area contributed by atoms with Gasteiger partial charge in [-0.2, -0.15) is 0 Å². The Labute approximate surface area is 195 Å². The van der Waals surface area contributed by atoms with E-state index in [-0.39, 0.29) is 0 Å². The molecule has 0 atom stereocenters. The molecule has 3 nitrogen and oxygen atoms in total. The van der Waals surface area contributed by atoms with E-state index in [0.29, 0.717) is 0 Å². The third-order valence-electron chi connectivity index (χ3n) is 7.11. The van der Waals surface area contributed by atoms with Crippen LogP contribution in [0.1, 0.15) is 0 Å². The summed E-state index contributed by atoms with van der Waals surface area (Å²) in [5.74, 6) is 0.933. The van der Waals surface area contributed by atoms with E-state index < -0.39 is 0 Å². The van der Waals surface area contributed by atoms with Crippen LogP contribution in [0, 0.1) is 0 Å². The minimum absolute atomic E-state index is 0.933. The molecule has 3 heterocycles. The van der Waals surface area contributed by atoms with E-state index in [4.69, 9.17) is 4.98 Å². The van der Waals surface area contributed by atoms with Gasteiger partial charge in [-0.3, -0.25) is 4.57 Å². The molecule has 3 heteroatoms. The summed E-state index contributed by atoms with van der Waals surface area (Å²) in [6, 6.07) is 39.0. The summed E-state index contributed by atoms with van der Waals surface area (Å²) in [6.07, 6.45) is 1.87. The Hall–Kier alpha value is -4.63. The molecule has 0 N–H and O–H groups in total. The molecule has 0 aliphatic heterocycles. The molecule has 5 aromatic carbocycles. The maximum atomic E-state index is 4.73. The summed E-state index contributed by atoms with van der Waals surface area (Å²) in [4.78, 5) is 4.73. The first-order valence-corrected chi connectivity index (χ1v) is 11.6. The van der Waals surface area contributed by atoms with Gasteiger partial charge in [-0.1, -0.05) is 66.7 Å². The number of nitrogens with zero attached hydrogens (tertiary/aromatic N) is 3. The molecule has 0 bridgehead atoms. The molecule has 8 rings (SSSR count). The Balaban J connectivity index is 1.68. The van der Waals surface area contributed by atoms with Crippen molar-refractivity contribution in [1.82, 2.24) is 14.1 Å². The average molecular weight is 434 g/mol. The van der Waals surface area contributed by atoms with Gasteiger partial charge in [0.15, 0.2) is 0 Å². The van der Waals surface area contributed by atoms with Crippen molar-refractivity contribution in [2.24, 2.45) is 0 Å². The molecule has 158 valence electrons. The maximum absolute atomic E-state index is 4.73. The smallest absolute Gasteiger partial charge is 0.137 e.